The van der Waals surface area contributed by atoms with Crippen LogP contribution in [-0.4, -0.2) is 35.4 Å². The van der Waals surface area contributed by atoms with E-state index < -0.39 is 6.04 Å². The Bertz CT molecular complexity index is 847. The van der Waals surface area contributed by atoms with Crippen molar-refractivity contribution >= 4 is 11.8 Å². The van der Waals surface area contributed by atoms with Crippen LogP contribution in [0.4, 0.5) is 0 Å². The molecule has 5 heteroatoms. The molecule has 0 bridgehead atoms. The van der Waals surface area contributed by atoms with E-state index in [0.717, 1.165) is 42.6 Å². The zero-order valence-electron chi connectivity index (χ0n) is 18.7. The van der Waals surface area contributed by atoms with E-state index in [2.05, 4.69) is 5.32 Å². The third kappa shape index (κ3) is 6.84. The molecule has 0 saturated heterocycles. The summed E-state index contributed by atoms with van der Waals surface area (Å²) in [7, 11) is 0. The summed E-state index contributed by atoms with van der Waals surface area (Å²) in [5.74, 6) is 0.722. The smallest absolute Gasteiger partial charge is 0.242 e. The van der Waals surface area contributed by atoms with E-state index in [1.807, 2.05) is 68.4 Å². The summed E-state index contributed by atoms with van der Waals surface area (Å²) in [5.41, 5.74) is 2.19. The zero-order chi connectivity index (χ0) is 22.1. The number of para-hydroxylation sites is 1. The summed E-state index contributed by atoms with van der Waals surface area (Å²) in [6, 6.07) is 17.4. The first-order valence-electron chi connectivity index (χ1n) is 11.4. The van der Waals surface area contributed by atoms with Crippen molar-refractivity contribution in [1.82, 2.24) is 10.2 Å². The molecule has 0 unspecified atom stereocenters. The molecular formula is C26H34N2O3. The molecular weight excluding hydrogens is 388 g/mol. The van der Waals surface area contributed by atoms with Crippen LogP contribution in [-0.2, 0) is 16.1 Å². The van der Waals surface area contributed by atoms with Gasteiger partial charge < -0.3 is 15.0 Å². The van der Waals surface area contributed by atoms with Crippen LogP contribution in [0.25, 0.3) is 0 Å². The van der Waals surface area contributed by atoms with E-state index in [1.54, 1.807) is 4.90 Å². The highest BCUT2D eigenvalue weighted by Crippen LogP contribution is 2.19. The van der Waals surface area contributed by atoms with Crippen molar-refractivity contribution in [3.05, 3.63) is 65.7 Å². The lowest BCUT2D eigenvalue weighted by Crippen LogP contribution is -2.49. The van der Waals surface area contributed by atoms with Crippen molar-refractivity contribution < 1.29 is 14.3 Å². The quantitative estimate of drug-likeness (QED) is 0.568. The Morgan fingerprint density at radius 3 is 2.45 bits per heavy atom. The van der Waals surface area contributed by atoms with E-state index in [9.17, 15) is 9.59 Å². The lowest BCUT2D eigenvalue weighted by molar-refractivity contribution is -0.141. The van der Waals surface area contributed by atoms with E-state index in [0.29, 0.717) is 26.0 Å². The maximum absolute atomic E-state index is 13.1. The van der Waals surface area contributed by atoms with Crippen molar-refractivity contribution in [2.75, 3.05) is 6.61 Å². The van der Waals surface area contributed by atoms with Gasteiger partial charge in [-0.3, -0.25) is 9.59 Å². The lowest BCUT2D eigenvalue weighted by Gasteiger charge is -2.30. The highest BCUT2D eigenvalue weighted by atomic mass is 16.5. The van der Waals surface area contributed by atoms with E-state index in [-0.39, 0.29) is 17.9 Å². The van der Waals surface area contributed by atoms with Gasteiger partial charge in [0.05, 0.1) is 6.61 Å². The van der Waals surface area contributed by atoms with E-state index >= 15 is 0 Å². The second-order valence-electron chi connectivity index (χ2n) is 8.38. The molecule has 2 aromatic rings. The molecule has 31 heavy (non-hydrogen) atoms. The lowest BCUT2D eigenvalue weighted by atomic mass is 10.1. The van der Waals surface area contributed by atoms with E-state index in [4.69, 9.17) is 4.74 Å². The van der Waals surface area contributed by atoms with Crippen LogP contribution in [0, 0.1) is 6.92 Å². The Labute approximate surface area is 185 Å². The first-order valence-corrected chi connectivity index (χ1v) is 11.4. The number of benzene rings is 2. The van der Waals surface area contributed by atoms with Gasteiger partial charge in [0.1, 0.15) is 11.8 Å². The average Bonchev–Trinajstić information content (AvgIpc) is 3.29. The number of rotatable bonds is 10. The number of aryl methyl sites for hydroxylation is 1. The zero-order valence-corrected chi connectivity index (χ0v) is 18.7. The monoisotopic (exact) mass is 422 g/mol. The summed E-state index contributed by atoms with van der Waals surface area (Å²) in [6.07, 6.45) is 5.33. The standard InChI is InChI=1S/C26H34N2O3/c1-20-11-6-7-12-22(20)19-28(21(2)26(30)27-23-13-8-9-14-23)25(29)17-10-18-31-24-15-4-3-5-16-24/h3-7,11-12,15-16,21,23H,8-10,13-14,17-19H2,1-2H3,(H,27,30)/t21-/m1/s1. The minimum atomic E-state index is -0.511. The minimum absolute atomic E-state index is 0.0195. The van der Waals surface area contributed by atoms with Crippen molar-refractivity contribution in [2.45, 2.75) is 71.0 Å². The largest absolute Gasteiger partial charge is 0.494 e. The summed E-state index contributed by atoms with van der Waals surface area (Å²) in [5, 5.41) is 3.15. The van der Waals surface area contributed by atoms with E-state index in [1.165, 1.54) is 0 Å². The van der Waals surface area contributed by atoms with Crippen LogP contribution in [0.3, 0.4) is 0 Å². The molecule has 5 nitrogen and oxygen atoms in total. The second kappa shape index (κ2) is 11.5. The summed E-state index contributed by atoms with van der Waals surface area (Å²) < 4.78 is 5.72. The molecule has 1 N–H and O–H groups in total. The number of amides is 2. The third-order valence-electron chi connectivity index (χ3n) is 6.02. The fourth-order valence-electron chi connectivity index (χ4n) is 4.02. The molecule has 1 aliphatic rings. The van der Waals surface area contributed by atoms with Crippen molar-refractivity contribution in [1.29, 1.82) is 0 Å². The predicted octanol–water partition coefficient (Wildman–Crippen LogP) is 4.63. The molecule has 0 radical (unpaired) electrons. The van der Waals surface area contributed by atoms with Gasteiger partial charge in [0.25, 0.3) is 0 Å². The molecule has 1 saturated carbocycles. The number of hydrogen-bond donors (Lipinski definition) is 1. The SMILES string of the molecule is Cc1ccccc1CN(C(=O)CCCOc1ccccc1)[C@H](C)C(=O)NC1CCCC1. The van der Waals surface area contributed by atoms with Crippen LogP contribution in [0.5, 0.6) is 5.75 Å². The topological polar surface area (TPSA) is 58.6 Å². The van der Waals surface area contributed by atoms with Crippen LogP contribution in [0.1, 0.15) is 56.6 Å². The van der Waals surface area contributed by atoms with Crippen LogP contribution < -0.4 is 10.1 Å². The summed E-state index contributed by atoms with van der Waals surface area (Å²) in [4.78, 5) is 27.8. The molecule has 1 atom stereocenters. The number of carbonyl (C=O) groups is 2. The molecule has 0 aliphatic heterocycles. The van der Waals surface area contributed by atoms with Crippen molar-refractivity contribution in [3.8, 4) is 5.75 Å². The number of carbonyl (C=O) groups excluding carboxylic acids is 2. The summed E-state index contributed by atoms with van der Waals surface area (Å²) in [6.45, 7) is 4.77. The Balaban J connectivity index is 1.61. The molecule has 3 rings (SSSR count). The Hall–Kier alpha value is -2.82. The first-order chi connectivity index (χ1) is 15.0. The van der Waals surface area contributed by atoms with Gasteiger partial charge in [0.15, 0.2) is 0 Å². The molecule has 2 amide bonds. The molecule has 0 heterocycles. The van der Waals surface area contributed by atoms with Crippen LogP contribution in [0.15, 0.2) is 54.6 Å². The van der Waals surface area contributed by atoms with Crippen molar-refractivity contribution in [2.24, 2.45) is 0 Å². The molecule has 1 aliphatic carbocycles. The summed E-state index contributed by atoms with van der Waals surface area (Å²) >= 11 is 0. The number of nitrogens with zero attached hydrogens (tertiary/aromatic N) is 1. The molecule has 1 fully saturated rings. The van der Waals surface area contributed by atoms with Gasteiger partial charge in [0.2, 0.25) is 11.8 Å². The number of ether oxygens (including phenoxy) is 1. The van der Waals surface area contributed by atoms with Gasteiger partial charge in [-0.05, 0) is 56.4 Å². The fourth-order valence-corrected chi connectivity index (χ4v) is 4.02. The average molecular weight is 423 g/mol. The molecule has 166 valence electrons. The highest BCUT2D eigenvalue weighted by Gasteiger charge is 2.28. The normalized spacial score (nSPS) is 14.8. The number of hydrogen-bond acceptors (Lipinski definition) is 3. The van der Waals surface area contributed by atoms with Crippen molar-refractivity contribution in [3.63, 3.8) is 0 Å². The maximum atomic E-state index is 13.1. The van der Waals surface area contributed by atoms with Gasteiger partial charge in [-0.25, -0.2) is 0 Å². The Morgan fingerprint density at radius 1 is 1.06 bits per heavy atom. The fraction of sp³-hybridized carbons (Fsp3) is 0.462. The third-order valence-corrected chi connectivity index (χ3v) is 6.02. The predicted molar refractivity (Wildman–Crippen MR) is 123 cm³/mol. The van der Waals surface area contributed by atoms with Gasteiger partial charge in [-0.1, -0.05) is 55.3 Å². The van der Waals surface area contributed by atoms with Gasteiger partial charge in [-0.15, -0.1) is 0 Å². The van der Waals surface area contributed by atoms with Crippen LogP contribution >= 0.6 is 0 Å². The second-order valence-corrected chi connectivity index (χ2v) is 8.38. The molecule has 0 spiro atoms. The van der Waals surface area contributed by atoms with Gasteiger partial charge in [-0.2, -0.15) is 0 Å². The van der Waals surface area contributed by atoms with Gasteiger partial charge >= 0.3 is 0 Å². The maximum Gasteiger partial charge on any atom is 0.242 e. The Kier molecular flexibility index (Phi) is 8.51. The van der Waals surface area contributed by atoms with Crippen LogP contribution in [0.2, 0.25) is 0 Å². The number of nitrogens with one attached hydrogen (secondary N) is 1. The highest BCUT2D eigenvalue weighted by molar-refractivity contribution is 5.87. The molecule has 0 aromatic heterocycles. The minimum Gasteiger partial charge on any atom is -0.494 e. The Morgan fingerprint density at radius 2 is 1.74 bits per heavy atom. The molecule has 2 aromatic carbocycles. The first kappa shape index (κ1) is 22.9. The van der Waals surface area contributed by atoms with Gasteiger partial charge in [0, 0.05) is 19.0 Å².